The van der Waals surface area contributed by atoms with Gasteiger partial charge in [-0.2, -0.15) is 0 Å². The van der Waals surface area contributed by atoms with Crippen LogP contribution >= 0.6 is 0 Å². The summed E-state index contributed by atoms with van der Waals surface area (Å²) in [4.78, 5) is 3.91. The third kappa shape index (κ3) is 2.50. The van der Waals surface area contributed by atoms with Crippen LogP contribution in [0.4, 0.5) is 8.78 Å². The Kier molecular flexibility index (Phi) is 3.41. The summed E-state index contributed by atoms with van der Waals surface area (Å²) in [7, 11) is 0. The highest BCUT2D eigenvalue weighted by Gasteiger charge is 2.16. The molecule has 0 bridgehead atoms. The summed E-state index contributed by atoms with van der Waals surface area (Å²) in [5, 5.41) is 17.1. The monoisotopic (exact) mass is 288 g/mol. The standard InChI is InChI=1S/C14H10F2N4O/c15-10-5-11(16)7-12(6-10)20-14(13(8-21)18-19-20)9-1-3-17-4-2-9/h1-7,21H,8H2. The van der Waals surface area contributed by atoms with Crippen molar-refractivity contribution in [3.8, 4) is 16.9 Å². The molecule has 0 aliphatic heterocycles. The fourth-order valence-electron chi connectivity index (χ4n) is 2.06. The summed E-state index contributed by atoms with van der Waals surface area (Å²) in [5.41, 5.74) is 1.64. The van der Waals surface area contributed by atoms with Crippen LogP contribution in [0.2, 0.25) is 0 Å². The lowest BCUT2D eigenvalue weighted by molar-refractivity contribution is 0.277. The van der Waals surface area contributed by atoms with Gasteiger partial charge >= 0.3 is 0 Å². The predicted octanol–water partition coefficient (Wildman–Crippen LogP) is 2.10. The van der Waals surface area contributed by atoms with E-state index in [1.165, 1.54) is 4.68 Å². The fourth-order valence-corrected chi connectivity index (χ4v) is 2.06. The van der Waals surface area contributed by atoms with Crippen LogP contribution in [0.1, 0.15) is 5.69 Å². The zero-order chi connectivity index (χ0) is 14.8. The summed E-state index contributed by atoms with van der Waals surface area (Å²) in [6.07, 6.45) is 3.14. The number of pyridine rings is 1. The second kappa shape index (κ2) is 5.37. The highest BCUT2D eigenvalue weighted by Crippen LogP contribution is 2.25. The number of hydrogen-bond donors (Lipinski definition) is 1. The van der Waals surface area contributed by atoms with Crippen LogP contribution in [0.25, 0.3) is 16.9 Å². The van der Waals surface area contributed by atoms with Crippen molar-refractivity contribution in [2.75, 3.05) is 0 Å². The van der Waals surface area contributed by atoms with Gasteiger partial charge in [0.25, 0.3) is 0 Å². The van der Waals surface area contributed by atoms with Gasteiger partial charge in [-0.3, -0.25) is 4.98 Å². The van der Waals surface area contributed by atoms with E-state index in [1.54, 1.807) is 24.5 Å². The molecule has 1 N–H and O–H groups in total. The number of rotatable bonds is 3. The highest BCUT2D eigenvalue weighted by atomic mass is 19.1. The minimum absolute atomic E-state index is 0.187. The molecule has 0 saturated carbocycles. The summed E-state index contributed by atoms with van der Waals surface area (Å²) in [6.45, 7) is -0.338. The molecule has 0 unspecified atom stereocenters. The van der Waals surface area contributed by atoms with Crippen molar-refractivity contribution >= 4 is 0 Å². The number of benzene rings is 1. The topological polar surface area (TPSA) is 63.8 Å². The molecule has 5 nitrogen and oxygen atoms in total. The molecule has 3 aromatic rings. The fraction of sp³-hybridized carbons (Fsp3) is 0.0714. The van der Waals surface area contributed by atoms with Gasteiger partial charge in [0.15, 0.2) is 0 Å². The van der Waals surface area contributed by atoms with Crippen LogP contribution in [-0.2, 0) is 6.61 Å². The first-order chi connectivity index (χ1) is 10.2. The van der Waals surface area contributed by atoms with E-state index in [0.717, 1.165) is 18.2 Å². The van der Waals surface area contributed by atoms with Crippen molar-refractivity contribution in [1.29, 1.82) is 0 Å². The van der Waals surface area contributed by atoms with Gasteiger partial charge in [-0.1, -0.05) is 5.21 Å². The van der Waals surface area contributed by atoms with Crippen molar-refractivity contribution in [3.05, 3.63) is 60.1 Å². The second-order valence-electron chi connectivity index (χ2n) is 4.32. The Labute approximate surface area is 118 Å². The Hall–Kier alpha value is -2.67. The van der Waals surface area contributed by atoms with Gasteiger partial charge in [-0.15, -0.1) is 5.10 Å². The molecule has 0 aliphatic rings. The number of aliphatic hydroxyl groups excluding tert-OH is 1. The Morgan fingerprint density at radius 1 is 1.05 bits per heavy atom. The van der Waals surface area contributed by atoms with Gasteiger partial charge in [0, 0.05) is 24.0 Å². The van der Waals surface area contributed by atoms with Crippen LogP contribution in [0.5, 0.6) is 0 Å². The number of hydrogen-bond acceptors (Lipinski definition) is 4. The van der Waals surface area contributed by atoms with Gasteiger partial charge < -0.3 is 5.11 Å². The van der Waals surface area contributed by atoms with Crippen molar-refractivity contribution in [1.82, 2.24) is 20.0 Å². The van der Waals surface area contributed by atoms with Gasteiger partial charge in [0.05, 0.1) is 12.3 Å². The van der Waals surface area contributed by atoms with Crippen LogP contribution < -0.4 is 0 Å². The van der Waals surface area contributed by atoms with Crippen LogP contribution in [0, 0.1) is 11.6 Å². The van der Waals surface area contributed by atoms with Gasteiger partial charge in [0.1, 0.15) is 23.0 Å². The first-order valence-corrected chi connectivity index (χ1v) is 6.11. The van der Waals surface area contributed by atoms with Crippen molar-refractivity contribution in [2.24, 2.45) is 0 Å². The van der Waals surface area contributed by atoms with E-state index in [2.05, 4.69) is 15.3 Å². The third-order valence-electron chi connectivity index (χ3n) is 2.94. The smallest absolute Gasteiger partial charge is 0.128 e. The molecule has 0 radical (unpaired) electrons. The van der Waals surface area contributed by atoms with E-state index in [4.69, 9.17) is 0 Å². The van der Waals surface area contributed by atoms with E-state index in [0.29, 0.717) is 17.0 Å². The lowest BCUT2D eigenvalue weighted by Gasteiger charge is -2.08. The van der Waals surface area contributed by atoms with Gasteiger partial charge in [-0.05, 0) is 24.3 Å². The molecule has 0 atom stereocenters. The molecule has 2 aromatic heterocycles. The zero-order valence-electron chi connectivity index (χ0n) is 10.7. The largest absolute Gasteiger partial charge is 0.390 e. The number of halogens is 2. The Morgan fingerprint density at radius 2 is 1.71 bits per heavy atom. The average molecular weight is 288 g/mol. The summed E-state index contributed by atoms with van der Waals surface area (Å²) in [5.74, 6) is -1.43. The summed E-state index contributed by atoms with van der Waals surface area (Å²) in [6, 6.07) is 6.46. The van der Waals surface area contributed by atoms with Crippen molar-refractivity contribution < 1.29 is 13.9 Å². The van der Waals surface area contributed by atoms with Gasteiger partial charge in [0.2, 0.25) is 0 Å². The van der Waals surface area contributed by atoms with E-state index in [1.807, 2.05) is 0 Å². The lowest BCUT2D eigenvalue weighted by Crippen LogP contribution is -2.01. The Balaban J connectivity index is 2.22. The first-order valence-electron chi connectivity index (χ1n) is 6.11. The predicted molar refractivity (Wildman–Crippen MR) is 70.4 cm³/mol. The molecule has 0 aliphatic carbocycles. The maximum Gasteiger partial charge on any atom is 0.128 e. The van der Waals surface area contributed by atoms with Crippen LogP contribution in [0.15, 0.2) is 42.7 Å². The van der Waals surface area contributed by atoms with E-state index in [9.17, 15) is 13.9 Å². The number of nitrogens with zero attached hydrogens (tertiary/aromatic N) is 4. The molecule has 7 heteroatoms. The molecule has 1 aromatic carbocycles. The molecule has 3 rings (SSSR count). The minimum atomic E-state index is -0.716. The maximum atomic E-state index is 13.4. The highest BCUT2D eigenvalue weighted by molar-refractivity contribution is 5.63. The Morgan fingerprint density at radius 3 is 2.33 bits per heavy atom. The average Bonchev–Trinajstić information content (AvgIpc) is 2.91. The number of aromatic nitrogens is 4. The van der Waals surface area contributed by atoms with E-state index >= 15 is 0 Å². The van der Waals surface area contributed by atoms with Crippen LogP contribution in [0.3, 0.4) is 0 Å². The normalized spacial score (nSPS) is 10.8. The Bertz CT molecular complexity index is 754. The molecule has 2 heterocycles. The summed E-state index contributed by atoms with van der Waals surface area (Å²) < 4.78 is 28.0. The van der Waals surface area contributed by atoms with Crippen molar-refractivity contribution in [2.45, 2.75) is 6.61 Å². The molecule has 106 valence electrons. The number of aliphatic hydroxyl groups is 1. The quantitative estimate of drug-likeness (QED) is 0.801. The molecule has 0 fully saturated rings. The molecular weight excluding hydrogens is 278 g/mol. The molecule has 21 heavy (non-hydrogen) atoms. The third-order valence-corrected chi connectivity index (χ3v) is 2.94. The molecule has 0 amide bonds. The maximum absolute atomic E-state index is 13.4. The molecular formula is C14H10F2N4O. The van der Waals surface area contributed by atoms with E-state index in [-0.39, 0.29) is 12.3 Å². The first kappa shape index (κ1) is 13.3. The van der Waals surface area contributed by atoms with Crippen LogP contribution in [-0.4, -0.2) is 25.1 Å². The lowest BCUT2D eigenvalue weighted by atomic mass is 10.1. The summed E-state index contributed by atoms with van der Waals surface area (Å²) >= 11 is 0. The van der Waals surface area contributed by atoms with Crippen molar-refractivity contribution in [3.63, 3.8) is 0 Å². The van der Waals surface area contributed by atoms with Gasteiger partial charge in [-0.25, -0.2) is 13.5 Å². The second-order valence-corrected chi connectivity index (χ2v) is 4.32. The molecule has 0 saturated heterocycles. The SMILES string of the molecule is OCc1nnn(-c2cc(F)cc(F)c2)c1-c1ccncc1. The molecule has 0 spiro atoms. The zero-order valence-corrected chi connectivity index (χ0v) is 10.7. The van der Waals surface area contributed by atoms with E-state index < -0.39 is 11.6 Å². The minimum Gasteiger partial charge on any atom is -0.390 e.